The van der Waals surface area contributed by atoms with Crippen LogP contribution in [0.3, 0.4) is 0 Å². The van der Waals surface area contributed by atoms with Gasteiger partial charge in [-0.05, 0) is 42.9 Å². The van der Waals surface area contributed by atoms with E-state index in [2.05, 4.69) is 12.2 Å². The van der Waals surface area contributed by atoms with Gasteiger partial charge in [0, 0.05) is 15.7 Å². The first-order valence-electron chi connectivity index (χ1n) is 5.94. The Balaban J connectivity index is 1.95. The van der Waals surface area contributed by atoms with Gasteiger partial charge in [0.25, 0.3) is 0 Å². The summed E-state index contributed by atoms with van der Waals surface area (Å²) in [5.41, 5.74) is 0. The summed E-state index contributed by atoms with van der Waals surface area (Å²) in [6.07, 6.45) is 1.71. The van der Waals surface area contributed by atoms with Gasteiger partial charge in [-0.2, -0.15) is 0 Å². The van der Waals surface area contributed by atoms with Crippen molar-refractivity contribution >= 4 is 23.4 Å². The van der Waals surface area contributed by atoms with Crippen molar-refractivity contribution in [1.29, 1.82) is 0 Å². The highest BCUT2D eigenvalue weighted by Crippen LogP contribution is 2.26. The molecular formula is C14H16ClNOS. The third-order valence-electron chi connectivity index (χ3n) is 2.57. The third kappa shape index (κ3) is 3.80. The van der Waals surface area contributed by atoms with Crippen LogP contribution >= 0.6 is 23.4 Å². The van der Waals surface area contributed by atoms with E-state index in [0.29, 0.717) is 0 Å². The van der Waals surface area contributed by atoms with Crippen molar-refractivity contribution in [2.45, 2.75) is 17.9 Å². The molecule has 1 unspecified atom stereocenters. The predicted molar refractivity (Wildman–Crippen MR) is 77.3 cm³/mol. The number of hydrogen-bond acceptors (Lipinski definition) is 3. The van der Waals surface area contributed by atoms with Crippen molar-refractivity contribution in [1.82, 2.24) is 5.32 Å². The van der Waals surface area contributed by atoms with Crippen molar-refractivity contribution in [3.8, 4) is 0 Å². The fourth-order valence-electron chi connectivity index (χ4n) is 1.69. The molecule has 2 aromatic rings. The maximum Gasteiger partial charge on any atom is 0.121 e. The normalized spacial score (nSPS) is 12.6. The van der Waals surface area contributed by atoms with Crippen LogP contribution in [-0.2, 0) is 0 Å². The van der Waals surface area contributed by atoms with Crippen LogP contribution in [0, 0.1) is 0 Å². The second-order valence-corrected chi connectivity index (χ2v) is 5.42. The molecule has 1 aromatic heterocycles. The Bertz CT molecular complexity index is 455. The molecule has 0 fully saturated rings. The van der Waals surface area contributed by atoms with E-state index in [1.807, 2.05) is 36.4 Å². The summed E-state index contributed by atoms with van der Waals surface area (Å²) in [6.45, 7) is 3.02. The molecule has 0 amide bonds. The third-order valence-corrected chi connectivity index (χ3v) is 3.92. The van der Waals surface area contributed by atoms with Crippen molar-refractivity contribution in [3.63, 3.8) is 0 Å². The van der Waals surface area contributed by atoms with E-state index in [9.17, 15) is 0 Å². The van der Waals surface area contributed by atoms with Gasteiger partial charge in [-0.25, -0.2) is 0 Å². The van der Waals surface area contributed by atoms with Crippen molar-refractivity contribution in [3.05, 3.63) is 53.4 Å². The molecule has 18 heavy (non-hydrogen) atoms. The van der Waals surface area contributed by atoms with Gasteiger partial charge in [0.1, 0.15) is 5.76 Å². The largest absolute Gasteiger partial charge is 0.468 e. The van der Waals surface area contributed by atoms with Crippen LogP contribution in [-0.4, -0.2) is 12.3 Å². The molecule has 96 valence electrons. The molecule has 0 bridgehead atoms. The van der Waals surface area contributed by atoms with E-state index < -0.39 is 0 Å². The molecule has 0 aliphatic heterocycles. The first kappa shape index (κ1) is 13.5. The summed E-state index contributed by atoms with van der Waals surface area (Å²) in [4.78, 5) is 1.22. The van der Waals surface area contributed by atoms with Gasteiger partial charge in [0.05, 0.1) is 12.3 Å². The summed E-state index contributed by atoms with van der Waals surface area (Å²) >= 11 is 7.66. The fraction of sp³-hybridized carbons (Fsp3) is 0.286. The van der Waals surface area contributed by atoms with Crippen LogP contribution in [0.5, 0.6) is 0 Å². The van der Waals surface area contributed by atoms with Gasteiger partial charge < -0.3 is 9.73 Å². The number of thioether (sulfide) groups is 1. The molecule has 0 aliphatic rings. The highest BCUT2D eigenvalue weighted by Gasteiger charge is 2.13. The van der Waals surface area contributed by atoms with Crippen LogP contribution in [0.15, 0.2) is 52.0 Å². The second kappa shape index (κ2) is 6.88. The smallest absolute Gasteiger partial charge is 0.121 e. The monoisotopic (exact) mass is 281 g/mol. The number of halogens is 1. The fourth-order valence-corrected chi connectivity index (χ4v) is 2.78. The summed E-state index contributed by atoms with van der Waals surface area (Å²) in [5.74, 6) is 1.92. The average molecular weight is 282 g/mol. The highest BCUT2D eigenvalue weighted by molar-refractivity contribution is 7.99. The lowest BCUT2D eigenvalue weighted by molar-refractivity contribution is 0.441. The van der Waals surface area contributed by atoms with E-state index in [-0.39, 0.29) is 6.04 Å². The molecule has 4 heteroatoms. The zero-order chi connectivity index (χ0) is 12.8. The van der Waals surface area contributed by atoms with Crippen LogP contribution in [0.4, 0.5) is 0 Å². The molecule has 1 heterocycles. The SMILES string of the molecule is CCNC(CSc1ccc(Cl)cc1)c1ccco1. The van der Waals surface area contributed by atoms with E-state index >= 15 is 0 Å². The minimum atomic E-state index is 0.241. The molecule has 1 atom stereocenters. The Morgan fingerprint density at radius 2 is 2.06 bits per heavy atom. The van der Waals surface area contributed by atoms with Gasteiger partial charge in [0.15, 0.2) is 0 Å². The highest BCUT2D eigenvalue weighted by atomic mass is 35.5. The number of rotatable bonds is 6. The van der Waals surface area contributed by atoms with Gasteiger partial charge in [-0.15, -0.1) is 11.8 Å². The van der Waals surface area contributed by atoms with Gasteiger partial charge >= 0.3 is 0 Å². The Morgan fingerprint density at radius 3 is 2.67 bits per heavy atom. The van der Waals surface area contributed by atoms with Crippen molar-refractivity contribution in [2.75, 3.05) is 12.3 Å². The van der Waals surface area contributed by atoms with E-state index in [1.165, 1.54) is 4.90 Å². The molecule has 0 aliphatic carbocycles. The maximum atomic E-state index is 5.87. The number of furan rings is 1. The number of nitrogens with one attached hydrogen (secondary N) is 1. The van der Waals surface area contributed by atoms with Crippen LogP contribution in [0.1, 0.15) is 18.7 Å². The molecule has 0 spiro atoms. The molecule has 0 saturated heterocycles. The summed E-state index contributed by atoms with van der Waals surface area (Å²) in [7, 11) is 0. The average Bonchev–Trinajstić information content (AvgIpc) is 2.90. The lowest BCUT2D eigenvalue weighted by atomic mass is 10.2. The Kier molecular flexibility index (Phi) is 5.17. The van der Waals surface area contributed by atoms with Crippen LogP contribution in [0.2, 0.25) is 5.02 Å². The summed E-state index contributed by atoms with van der Waals surface area (Å²) in [5, 5.41) is 4.20. The number of hydrogen-bond donors (Lipinski definition) is 1. The van der Waals surface area contributed by atoms with Gasteiger partial charge in [-0.3, -0.25) is 0 Å². The molecule has 0 radical (unpaired) electrons. The first-order valence-corrected chi connectivity index (χ1v) is 7.31. The molecule has 1 aromatic carbocycles. The maximum absolute atomic E-state index is 5.87. The molecular weight excluding hydrogens is 266 g/mol. The van der Waals surface area contributed by atoms with Crippen molar-refractivity contribution in [2.24, 2.45) is 0 Å². The Morgan fingerprint density at radius 1 is 1.28 bits per heavy atom. The summed E-state index contributed by atoms with van der Waals surface area (Å²) < 4.78 is 5.46. The minimum absolute atomic E-state index is 0.241. The van der Waals surface area contributed by atoms with Gasteiger partial charge in [-0.1, -0.05) is 18.5 Å². The van der Waals surface area contributed by atoms with E-state index in [4.69, 9.17) is 16.0 Å². The molecule has 2 rings (SSSR count). The van der Waals surface area contributed by atoms with E-state index in [0.717, 1.165) is 23.1 Å². The van der Waals surface area contributed by atoms with Gasteiger partial charge in [0.2, 0.25) is 0 Å². The second-order valence-electron chi connectivity index (χ2n) is 3.89. The lowest BCUT2D eigenvalue weighted by Crippen LogP contribution is -2.22. The molecule has 2 nitrogen and oxygen atoms in total. The lowest BCUT2D eigenvalue weighted by Gasteiger charge is -2.15. The minimum Gasteiger partial charge on any atom is -0.468 e. The zero-order valence-electron chi connectivity index (χ0n) is 10.2. The molecule has 1 N–H and O–H groups in total. The summed E-state index contributed by atoms with van der Waals surface area (Å²) in [6, 6.07) is 12.1. The Labute approximate surface area is 117 Å². The quantitative estimate of drug-likeness (QED) is 0.796. The van der Waals surface area contributed by atoms with Crippen molar-refractivity contribution < 1.29 is 4.42 Å². The zero-order valence-corrected chi connectivity index (χ0v) is 11.8. The Hall–Kier alpha value is -0.900. The van der Waals surface area contributed by atoms with Crippen LogP contribution < -0.4 is 5.32 Å². The first-order chi connectivity index (χ1) is 8.79. The number of benzene rings is 1. The standard InChI is InChI=1S/C14H16ClNOS/c1-2-16-13(14-4-3-9-17-14)10-18-12-7-5-11(15)6-8-12/h3-9,13,16H,2,10H2,1H3. The topological polar surface area (TPSA) is 25.2 Å². The van der Waals surface area contributed by atoms with E-state index in [1.54, 1.807) is 18.0 Å². The predicted octanol–water partition coefficient (Wildman–Crippen LogP) is 4.38. The van der Waals surface area contributed by atoms with Crippen LogP contribution in [0.25, 0.3) is 0 Å². The molecule has 0 saturated carbocycles.